The van der Waals surface area contributed by atoms with Crippen LogP contribution in [0.25, 0.3) is 0 Å². The summed E-state index contributed by atoms with van der Waals surface area (Å²) in [6.45, 7) is 5.22. The Hall–Kier alpha value is -2.72. The van der Waals surface area contributed by atoms with E-state index in [4.69, 9.17) is 11.6 Å². The van der Waals surface area contributed by atoms with E-state index in [0.717, 1.165) is 39.6 Å². The highest BCUT2D eigenvalue weighted by Gasteiger charge is 2.06. The van der Waals surface area contributed by atoms with Gasteiger partial charge in [-0.1, -0.05) is 29.8 Å². The van der Waals surface area contributed by atoms with Gasteiger partial charge < -0.3 is 15.2 Å². The molecule has 5 heteroatoms. The lowest BCUT2D eigenvalue weighted by Gasteiger charge is -2.12. The van der Waals surface area contributed by atoms with Crippen LogP contribution in [0.4, 0.5) is 10.5 Å². The summed E-state index contributed by atoms with van der Waals surface area (Å²) in [4.78, 5) is 12.2. The lowest BCUT2D eigenvalue weighted by molar-refractivity contribution is 0.251. The van der Waals surface area contributed by atoms with Crippen molar-refractivity contribution in [3.8, 4) is 0 Å². The number of anilines is 1. The summed E-state index contributed by atoms with van der Waals surface area (Å²) in [6, 6.07) is 17.5. The predicted molar refractivity (Wildman–Crippen MR) is 107 cm³/mol. The lowest BCUT2D eigenvalue weighted by Crippen LogP contribution is -2.29. The first-order valence-corrected chi connectivity index (χ1v) is 8.89. The molecule has 134 valence electrons. The molecule has 3 rings (SSSR count). The van der Waals surface area contributed by atoms with Crippen molar-refractivity contribution in [3.63, 3.8) is 0 Å². The molecule has 0 aliphatic rings. The Bertz CT molecular complexity index is 880. The highest BCUT2D eigenvalue weighted by Crippen LogP contribution is 2.14. The van der Waals surface area contributed by atoms with Crippen LogP contribution in [0.1, 0.15) is 22.4 Å². The van der Waals surface area contributed by atoms with Crippen LogP contribution >= 0.6 is 11.6 Å². The fourth-order valence-electron chi connectivity index (χ4n) is 2.94. The first-order chi connectivity index (χ1) is 12.5. The van der Waals surface area contributed by atoms with E-state index in [0.29, 0.717) is 6.54 Å². The van der Waals surface area contributed by atoms with Gasteiger partial charge in [0.2, 0.25) is 0 Å². The van der Waals surface area contributed by atoms with E-state index in [1.807, 2.05) is 68.6 Å². The van der Waals surface area contributed by atoms with Crippen LogP contribution in [0.15, 0.2) is 60.8 Å². The van der Waals surface area contributed by atoms with E-state index in [1.165, 1.54) is 0 Å². The molecule has 0 saturated heterocycles. The number of carbonyl (C=O) groups is 1. The molecule has 2 amide bonds. The maximum Gasteiger partial charge on any atom is 0.319 e. The summed E-state index contributed by atoms with van der Waals surface area (Å²) >= 11 is 5.93. The van der Waals surface area contributed by atoms with Crippen molar-refractivity contribution >= 4 is 23.3 Å². The Kier molecular flexibility index (Phi) is 5.64. The number of amides is 2. The number of hydrogen-bond donors (Lipinski definition) is 2. The molecule has 0 radical (unpaired) electrons. The van der Waals surface area contributed by atoms with Crippen molar-refractivity contribution in [2.75, 3.05) is 5.32 Å². The van der Waals surface area contributed by atoms with Crippen molar-refractivity contribution < 1.29 is 4.79 Å². The first kappa shape index (κ1) is 18.1. The maximum atomic E-state index is 12.2. The zero-order chi connectivity index (χ0) is 18.5. The van der Waals surface area contributed by atoms with E-state index < -0.39 is 0 Å². The molecule has 0 atom stereocenters. The van der Waals surface area contributed by atoms with Gasteiger partial charge in [0.25, 0.3) is 0 Å². The van der Waals surface area contributed by atoms with E-state index >= 15 is 0 Å². The van der Waals surface area contributed by atoms with Crippen molar-refractivity contribution in [2.45, 2.75) is 26.9 Å². The zero-order valence-corrected chi connectivity index (χ0v) is 15.7. The molecule has 26 heavy (non-hydrogen) atoms. The van der Waals surface area contributed by atoms with Gasteiger partial charge >= 0.3 is 6.03 Å². The van der Waals surface area contributed by atoms with Gasteiger partial charge in [-0.3, -0.25) is 0 Å². The van der Waals surface area contributed by atoms with Crippen LogP contribution < -0.4 is 10.6 Å². The van der Waals surface area contributed by atoms with Crippen LogP contribution in [-0.4, -0.2) is 10.6 Å². The smallest absolute Gasteiger partial charge is 0.319 e. The van der Waals surface area contributed by atoms with Crippen LogP contribution in [0.2, 0.25) is 5.02 Å². The Morgan fingerprint density at radius 1 is 1.04 bits per heavy atom. The topological polar surface area (TPSA) is 46.1 Å². The van der Waals surface area contributed by atoms with E-state index in [9.17, 15) is 4.79 Å². The number of halogens is 1. The second-order valence-corrected chi connectivity index (χ2v) is 6.87. The summed E-state index contributed by atoms with van der Waals surface area (Å²) in [6.07, 6.45) is 2.01. The summed E-state index contributed by atoms with van der Waals surface area (Å²) in [5, 5.41) is 6.53. The third kappa shape index (κ3) is 4.90. The Labute approximate surface area is 158 Å². The maximum absolute atomic E-state index is 12.2. The number of aryl methyl sites for hydroxylation is 2. The Morgan fingerprint density at radius 2 is 1.73 bits per heavy atom. The fourth-order valence-corrected chi connectivity index (χ4v) is 3.07. The molecule has 0 aliphatic carbocycles. The minimum absolute atomic E-state index is 0.214. The molecule has 0 bridgehead atoms. The molecule has 0 spiro atoms. The quantitative estimate of drug-likeness (QED) is 0.645. The minimum atomic E-state index is -0.214. The van der Waals surface area contributed by atoms with Crippen molar-refractivity contribution in [1.82, 2.24) is 9.88 Å². The normalized spacial score (nSPS) is 10.6. The number of nitrogens with one attached hydrogen (secondary N) is 2. The number of urea groups is 1. The standard InChI is InChI=1S/C21H22ClN3O/c1-15-10-16(2)12-19(11-15)24-21(26)23-13-20-4-3-9-25(20)14-17-5-7-18(22)8-6-17/h3-12H,13-14H2,1-2H3,(H2,23,24,26). The largest absolute Gasteiger partial charge is 0.345 e. The van der Waals surface area contributed by atoms with Gasteiger partial charge in [-0.25, -0.2) is 4.79 Å². The number of aromatic nitrogens is 1. The molecule has 0 fully saturated rings. The van der Waals surface area contributed by atoms with Crippen molar-refractivity contribution in [1.29, 1.82) is 0 Å². The van der Waals surface area contributed by atoms with Gasteiger partial charge in [0.15, 0.2) is 0 Å². The Balaban J connectivity index is 1.59. The summed E-state index contributed by atoms with van der Waals surface area (Å²) in [5.41, 5.74) is 5.24. The molecule has 0 aliphatic heterocycles. The van der Waals surface area contributed by atoms with Gasteiger partial charge in [0.1, 0.15) is 0 Å². The molecule has 1 heterocycles. The van der Waals surface area contributed by atoms with Gasteiger partial charge in [0.05, 0.1) is 6.54 Å². The molecule has 0 unspecified atom stereocenters. The number of carbonyl (C=O) groups excluding carboxylic acids is 1. The molecule has 1 aromatic heterocycles. The fraction of sp³-hybridized carbons (Fsp3) is 0.190. The third-order valence-electron chi connectivity index (χ3n) is 4.10. The first-order valence-electron chi connectivity index (χ1n) is 8.51. The summed E-state index contributed by atoms with van der Waals surface area (Å²) in [5.74, 6) is 0. The van der Waals surface area contributed by atoms with E-state index in [-0.39, 0.29) is 6.03 Å². The monoisotopic (exact) mass is 367 g/mol. The minimum Gasteiger partial charge on any atom is -0.345 e. The average Bonchev–Trinajstić information content (AvgIpc) is 3.01. The van der Waals surface area contributed by atoms with Gasteiger partial charge in [-0.2, -0.15) is 0 Å². The molecular formula is C21H22ClN3O. The number of rotatable bonds is 5. The van der Waals surface area contributed by atoms with Crippen LogP contribution in [0.3, 0.4) is 0 Å². The third-order valence-corrected chi connectivity index (χ3v) is 4.35. The summed E-state index contributed by atoms with van der Waals surface area (Å²) < 4.78 is 2.11. The number of nitrogens with zero attached hydrogens (tertiary/aromatic N) is 1. The van der Waals surface area contributed by atoms with Gasteiger partial charge in [-0.05, 0) is 66.9 Å². The summed E-state index contributed by atoms with van der Waals surface area (Å²) in [7, 11) is 0. The predicted octanol–water partition coefficient (Wildman–Crippen LogP) is 5.13. The molecular weight excluding hydrogens is 346 g/mol. The van der Waals surface area contributed by atoms with Crippen LogP contribution in [0.5, 0.6) is 0 Å². The second-order valence-electron chi connectivity index (χ2n) is 6.44. The van der Waals surface area contributed by atoms with Crippen LogP contribution in [-0.2, 0) is 13.1 Å². The van der Waals surface area contributed by atoms with Gasteiger partial charge in [-0.15, -0.1) is 0 Å². The lowest BCUT2D eigenvalue weighted by atomic mass is 10.1. The average molecular weight is 368 g/mol. The molecule has 0 saturated carbocycles. The highest BCUT2D eigenvalue weighted by molar-refractivity contribution is 6.30. The van der Waals surface area contributed by atoms with Crippen molar-refractivity contribution in [3.05, 3.63) is 88.2 Å². The van der Waals surface area contributed by atoms with Gasteiger partial charge in [0, 0.05) is 29.1 Å². The van der Waals surface area contributed by atoms with Crippen LogP contribution in [0, 0.1) is 13.8 Å². The Morgan fingerprint density at radius 3 is 2.42 bits per heavy atom. The van der Waals surface area contributed by atoms with Crippen molar-refractivity contribution in [2.24, 2.45) is 0 Å². The number of hydrogen-bond acceptors (Lipinski definition) is 1. The van der Waals surface area contributed by atoms with E-state index in [2.05, 4.69) is 21.3 Å². The molecule has 3 aromatic rings. The SMILES string of the molecule is Cc1cc(C)cc(NC(=O)NCc2cccn2Cc2ccc(Cl)cc2)c1. The molecule has 2 aromatic carbocycles. The zero-order valence-electron chi connectivity index (χ0n) is 14.9. The second kappa shape index (κ2) is 8.11. The number of benzene rings is 2. The molecule has 2 N–H and O–H groups in total. The molecule has 4 nitrogen and oxygen atoms in total. The van der Waals surface area contributed by atoms with E-state index in [1.54, 1.807) is 0 Å². The highest BCUT2D eigenvalue weighted by atomic mass is 35.5.